The molecular weight excluding hydrogens is 392 g/mol. The SMILES string of the molecule is Cn1ccnc1SC1C[C@@H]2CN(S(=O)(=O)c3ccc4c(ccn4C)c3)C[C@@H]2C1. The van der Waals surface area contributed by atoms with Crippen molar-refractivity contribution in [2.24, 2.45) is 25.9 Å². The van der Waals surface area contributed by atoms with Crippen molar-refractivity contribution in [3.8, 4) is 0 Å². The predicted octanol–water partition coefficient (Wildman–Crippen LogP) is 3.10. The van der Waals surface area contributed by atoms with Gasteiger partial charge in [0.15, 0.2) is 5.16 Å². The highest BCUT2D eigenvalue weighted by Gasteiger charge is 2.45. The van der Waals surface area contributed by atoms with Gasteiger partial charge < -0.3 is 9.13 Å². The van der Waals surface area contributed by atoms with Crippen molar-refractivity contribution in [3.63, 3.8) is 0 Å². The summed E-state index contributed by atoms with van der Waals surface area (Å²) in [6, 6.07) is 7.41. The van der Waals surface area contributed by atoms with Gasteiger partial charge in [-0.2, -0.15) is 4.31 Å². The Bertz CT molecular complexity index is 1120. The van der Waals surface area contributed by atoms with Gasteiger partial charge in [-0.1, -0.05) is 11.8 Å². The lowest BCUT2D eigenvalue weighted by Gasteiger charge is -2.19. The van der Waals surface area contributed by atoms with Crippen LogP contribution in [0, 0.1) is 11.8 Å². The highest BCUT2D eigenvalue weighted by atomic mass is 32.2. The molecule has 3 heterocycles. The standard InChI is InChI=1S/C20H24N4O2S2/c1-22-7-5-14-11-18(3-4-19(14)22)28(25,26)24-12-15-9-17(10-16(15)13-24)27-20-21-6-8-23(20)2/h3-8,11,15-17H,9-10,12-13H2,1-2H3/t15-,16+,17?. The van der Waals surface area contributed by atoms with Gasteiger partial charge >= 0.3 is 0 Å². The van der Waals surface area contributed by atoms with E-state index in [9.17, 15) is 8.42 Å². The van der Waals surface area contributed by atoms with Gasteiger partial charge in [0.2, 0.25) is 10.0 Å². The van der Waals surface area contributed by atoms with Gasteiger partial charge in [-0.05, 0) is 48.9 Å². The minimum absolute atomic E-state index is 0.408. The highest BCUT2D eigenvalue weighted by Crippen LogP contribution is 2.45. The van der Waals surface area contributed by atoms with Crippen LogP contribution in [0.25, 0.3) is 10.9 Å². The first kappa shape index (κ1) is 18.3. The van der Waals surface area contributed by atoms with E-state index < -0.39 is 10.0 Å². The number of nitrogens with zero attached hydrogens (tertiary/aromatic N) is 4. The summed E-state index contributed by atoms with van der Waals surface area (Å²) >= 11 is 1.83. The number of imidazole rings is 1. The highest BCUT2D eigenvalue weighted by molar-refractivity contribution is 7.99. The van der Waals surface area contributed by atoms with Crippen molar-refractivity contribution in [2.45, 2.75) is 28.1 Å². The van der Waals surface area contributed by atoms with Crippen molar-refractivity contribution in [1.29, 1.82) is 0 Å². The van der Waals surface area contributed by atoms with Gasteiger partial charge in [0, 0.05) is 61.9 Å². The zero-order chi connectivity index (χ0) is 19.5. The molecule has 1 unspecified atom stereocenters. The molecule has 1 aliphatic heterocycles. The number of hydrogen-bond donors (Lipinski definition) is 0. The second-order valence-electron chi connectivity index (χ2n) is 8.02. The average Bonchev–Trinajstić information content (AvgIpc) is 3.41. The van der Waals surface area contributed by atoms with Crippen molar-refractivity contribution in [2.75, 3.05) is 13.1 Å². The van der Waals surface area contributed by atoms with E-state index in [0.717, 1.165) is 28.9 Å². The molecule has 1 saturated carbocycles. The van der Waals surface area contributed by atoms with Crippen molar-refractivity contribution in [1.82, 2.24) is 18.4 Å². The van der Waals surface area contributed by atoms with Gasteiger partial charge in [-0.25, -0.2) is 13.4 Å². The molecule has 6 nitrogen and oxygen atoms in total. The van der Waals surface area contributed by atoms with E-state index >= 15 is 0 Å². The lowest BCUT2D eigenvalue weighted by molar-refractivity contribution is 0.447. The van der Waals surface area contributed by atoms with Gasteiger partial charge in [-0.15, -0.1) is 0 Å². The number of rotatable bonds is 4. The number of aromatic nitrogens is 3. The summed E-state index contributed by atoms with van der Waals surface area (Å²) < 4.78 is 32.2. The Kier molecular flexibility index (Phi) is 4.33. The number of benzene rings is 1. The first-order valence-corrected chi connectivity index (χ1v) is 11.9. The Morgan fingerprint density at radius 2 is 1.79 bits per heavy atom. The van der Waals surface area contributed by atoms with Crippen molar-refractivity contribution >= 4 is 32.7 Å². The maximum atomic E-state index is 13.2. The van der Waals surface area contributed by atoms with Crippen LogP contribution in [0.4, 0.5) is 0 Å². The van der Waals surface area contributed by atoms with Crippen LogP contribution in [-0.2, 0) is 24.1 Å². The van der Waals surface area contributed by atoms with Crippen LogP contribution in [0.3, 0.4) is 0 Å². The largest absolute Gasteiger partial charge is 0.351 e. The monoisotopic (exact) mass is 416 g/mol. The molecule has 2 fully saturated rings. The van der Waals surface area contributed by atoms with E-state index in [1.54, 1.807) is 16.4 Å². The van der Waals surface area contributed by atoms with Crippen LogP contribution in [-0.4, -0.2) is 45.2 Å². The van der Waals surface area contributed by atoms with Crippen LogP contribution in [0.2, 0.25) is 0 Å². The van der Waals surface area contributed by atoms with E-state index in [4.69, 9.17) is 0 Å². The first-order valence-electron chi connectivity index (χ1n) is 9.61. The Morgan fingerprint density at radius 1 is 1.04 bits per heavy atom. The summed E-state index contributed by atoms with van der Waals surface area (Å²) in [5, 5.41) is 2.54. The number of thioether (sulfide) groups is 1. The van der Waals surface area contributed by atoms with E-state index in [2.05, 4.69) is 9.55 Å². The molecule has 5 rings (SSSR count). The van der Waals surface area contributed by atoms with Crippen LogP contribution < -0.4 is 0 Å². The van der Waals surface area contributed by atoms with Crippen LogP contribution in [0.5, 0.6) is 0 Å². The van der Waals surface area contributed by atoms with Gasteiger partial charge in [-0.3, -0.25) is 0 Å². The lowest BCUT2D eigenvalue weighted by atomic mass is 10.0. The van der Waals surface area contributed by atoms with Gasteiger partial charge in [0.05, 0.1) is 4.90 Å². The van der Waals surface area contributed by atoms with Crippen LogP contribution >= 0.6 is 11.8 Å². The molecule has 2 aliphatic rings. The number of sulfonamides is 1. The summed E-state index contributed by atoms with van der Waals surface area (Å²) in [6.07, 6.45) is 7.88. The maximum Gasteiger partial charge on any atom is 0.243 e. The number of hydrogen-bond acceptors (Lipinski definition) is 4. The maximum absolute atomic E-state index is 13.2. The molecule has 148 valence electrons. The number of aryl methyl sites for hydroxylation is 2. The molecule has 8 heteroatoms. The van der Waals surface area contributed by atoms with E-state index in [1.807, 2.05) is 61.1 Å². The molecule has 1 saturated heterocycles. The minimum atomic E-state index is -3.44. The molecule has 0 N–H and O–H groups in total. The normalized spacial score (nSPS) is 25.6. The molecule has 1 aliphatic carbocycles. The summed E-state index contributed by atoms with van der Waals surface area (Å²) in [7, 11) is 0.550. The fourth-order valence-electron chi connectivity index (χ4n) is 4.68. The van der Waals surface area contributed by atoms with Gasteiger partial charge in [0.1, 0.15) is 0 Å². The molecule has 28 heavy (non-hydrogen) atoms. The Balaban J connectivity index is 1.30. The minimum Gasteiger partial charge on any atom is -0.351 e. The zero-order valence-corrected chi connectivity index (χ0v) is 17.7. The third-order valence-corrected chi connectivity index (χ3v) is 9.37. The smallest absolute Gasteiger partial charge is 0.243 e. The summed E-state index contributed by atoms with van der Waals surface area (Å²) in [6.45, 7) is 1.27. The quantitative estimate of drug-likeness (QED) is 0.656. The van der Waals surface area contributed by atoms with Crippen LogP contribution in [0.15, 0.2) is 52.9 Å². The molecule has 3 atom stereocenters. The predicted molar refractivity (Wildman–Crippen MR) is 111 cm³/mol. The summed E-state index contributed by atoms with van der Waals surface area (Å²) in [5.41, 5.74) is 1.05. The lowest BCUT2D eigenvalue weighted by Crippen LogP contribution is -2.30. The fourth-order valence-corrected chi connectivity index (χ4v) is 7.60. The Hall–Kier alpha value is -1.77. The third kappa shape index (κ3) is 2.98. The van der Waals surface area contributed by atoms with E-state index in [-0.39, 0.29) is 0 Å². The zero-order valence-electron chi connectivity index (χ0n) is 16.0. The summed E-state index contributed by atoms with van der Waals surface area (Å²) in [5.74, 6) is 0.904. The van der Waals surface area contributed by atoms with Crippen molar-refractivity contribution < 1.29 is 8.42 Å². The van der Waals surface area contributed by atoms with Gasteiger partial charge in [0.25, 0.3) is 0 Å². The average molecular weight is 417 g/mol. The second kappa shape index (κ2) is 6.64. The molecule has 2 aromatic heterocycles. The van der Waals surface area contributed by atoms with E-state index in [1.165, 1.54) is 0 Å². The molecular formula is C20H24N4O2S2. The topological polar surface area (TPSA) is 60.1 Å². The molecule has 0 amide bonds. The molecule has 3 aromatic rings. The first-order chi connectivity index (χ1) is 13.4. The summed E-state index contributed by atoms with van der Waals surface area (Å²) in [4.78, 5) is 4.82. The molecule has 0 radical (unpaired) electrons. The Morgan fingerprint density at radius 3 is 2.46 bits per heavy atom. The fraction of sp³-hybridized carbons (Fsp3) is 0.450. The molecule has 0 bridgehead atoms. The molecule has 0 spiro atoms. The Labute approximate surface area is 169 Å². The molecule has 1 aromatic carbocycles. The van der Waals surface area contributed by atoms with Crippen LogP contribution in [0.1, 0.15) is 12.8 Å². The third-order valence-electron chi connectivity index (χ3n) is 6.22. The number of fused-ring (bicyclic) bond motifs is 2. The van der Waals surface area contributed by atoms with Crippen molar-refractivity contribution in [3.05, 3.63) is 42.9 Å². The van der Waals surface area contributed by atoms with E-state index in [0.29, 0.717) is 35.1 Å². The second-order valence-corrected chi connectivity index (χ2v) is 11.2.